The van der Waals surface area contributed by atoms with Gasteiger partial charge in [0.05, 0.1) is 20.9 Å². The van der Waals surface area contributed by atoms with Gasteiger partial charge in [0, 0.05) is 26.3 Å². The van der Waals surface area contributed by atoms with Crippen molar-refractivity contribution < 1.29 is 9.85 Å². The molecule has 4 aromatic rings. The summed E-state index contributed by atoms with van der Waals surface area (Å²) in [6.45, 7) is 5.17. The van der Waals surface area contributed by atoms with Crippen molar-refractivity contribution in [3.8, 4) is 0 Å². The molecule has 184 valence electrons. The zero-order valence-corrected chi connectivity index (χ0v) is 22.6. The van der Waals surface area contributed by atoms with Crippen LogP contribution in [0.4, 0.5) is 17.1 Å². The highest BCUT2D eigenvalue weighted by atomic mass is 79.9. The Labute approximate surface area is 222 Å². The van der Waals surface area contributed by atoms with Crippen molar-refractivity contribution in [3.63, 3.8) is 0 Å². The normalized spacial score (nSPS) is 10.1. The molecule has 0 aliphatic carbocycles. The Kier molecular flexibility index (Phi) is 10.7. The lowest BCUT2D eigenvalue weighted by Gasteiger charge is -2.08. The predicted molar refractivity (Wildman–Crippen MR) is 146 cm³/mol. The molecule has 2 aromatic carbocycles. The number of nitrogens with one attached hydrogen (secondary N) is 1. The monoisotopic (exact) mass is 626 g/mol. The molecule has 2 heterocycles. The van der Waals surface area contributed by atoms with E-state index in [9.17, 15) is 20.2 Å². The molecule has 0 unspecified atom stereocenters. The van der Waals surface area contributed by atoms with Crippen LogP contribution in [-0.2, 0) is 0 Å². The van der Waals surface area contributed by atoms with E-state index in [2.05, 4.69) is 47.1 Å². The van der Waals surface area contributed by atoms with Gasteiger partial charge in [0.1, 0.15) is 23.1 Å². The number of nitrogens with zero attached hydrogens (tertiary/aromatic N) is 4. The van der Waals surface area contributed by atoms with Gasteiger partial charge in [-0.2, -0.15) is 0 Å². The topological polar surface area (TPSA) is 150 Å². The summed E-state index contributed by atoms with van der Waals surface area (Å²) >= 11 is 12.5. The molecule has 35 heavy (non-hydrogen) atoms. The molecule has 13 heteroatoms. The molecule has 0 bridgehead atoms. The van der Waals surface area contributed by atoms with Gasteiger partial charge in [0.15, 0.2) is 0 Å². The molecule has 0 atom stereocenters. The van der Waals surface area contributed by atoms with Gasteiger partial charge in [-0.1, -0.05) is 50.4 Å². The van der Waals surface area contributed by atoms with Gasteiger partial charge in [-0.15, -0.1) is 0 Å². The molecular weight excluding hydrogens is 608 g/mol. The fourth-order valence-corrected chi connectivity index (χ4v) is 3.88. The third-order valence-electron chi connectivity index (χ3n) is 4.31. The SMILES string of the molecule is CCN.CCNc1c([N+](=O)[O-])cnc2cc(Br)ccc12.O=[N+]([O-])c1cnc2cc(Br)ccc2c1Cl. The van der Waals surface area contributed by atoms with E-state index in [1.165, 1.54) is 6.20 Å². The molecule has 0 saturated carbocycles. The van der Waals surface area contributed by atoms with Crippen molar-refractivity contribution in [3.05, 3.63) is 83.0 Å². The minimum atomic E-state index is -0.545. The first-order valence-electron chi connectivity index (χ1n) is 10.2. The lowest BCUT2D eigenvalue weighted by atomic mass is 10.1. The molecule has 0 amide bonds. The lowest BCUT2D eigenvalue weighted by Crippen LogP contribution is -2.02. The minimum Gasteiger partial charge on any atom is -0.379 e. The van der Waals surface area contributed by atoms with Crippen molar-refractivity contribution in [2.45, 2.75) is 13.8 Å². The van der Waals surface area contributed by atoms with Crippen LogP contribution >= 0.6 is 43.5 Å². The minimum absolute atomic E-state index is 0.00155. The number of halogens is 3. The fourth-order valence-electron chi connectivity index (χ4n) is 2.91. The van der Waals surface area contributed by atoms with E-state index >= 15 is 0 Å². The number of rotatable bonds is 4. The van der Waals surface area contributed by atoms with E-state index in [0.717, 1.165) is 32.6 Å². The molecule has 0 spiro atoms. The number of nitro groups is 2. The second kappa shape index (κ2) is 13.2. The van der Waals surface area contributed by atoms with Gasteiger partial charge in [-0.3, -0.25) is 20.2 Å². The van der Waals surface area contributed by atoms with Crippen LogP contribution in [0.5, 0.6) is 0 Å². The van der Waals surface area contributed by atoms with Crippen LogP contribution in [-0.4, -0.2) is 32.9 Å². The molecule has 10 nitrogen and oxygen atoms in total. The van der Waals surface area contributed by atoms with E-state index in [1.807, 2.05) is 32.0 Å². The summed E-state index contributed by atoms with van der Waals surface area (Å²) in [6, 6.07) is 10.7. The molecule has 0 aliphatic heterocycles. The summed E-state index contributed by atoms with van der Waals surface area (Å²) in [5.74, 6) is 0. The van der Waals surface area contributed by atoms with Crippen molar-refractivity contribution in [1.29, 1.82) is 0 Å². The Morgan fingerprint density at radius 1 is 0.914 bits per heavy atom. The molecule has 3 N–H and O–H groups in total. The van der Waals surface area contributed by atoms with Crippen LogP contribution in [0.3, 0.4) is 0 Å². The Bertz CT molecular complexity index is 1370. The Balaban J connectivity index is 0.000000223. The highest BCUT2D eigenvalue weighted by molar-refractivity contribution is 9.10. The quantitative estimate of drug-likeness (QED) is 0.184. The first kappa shape index (κ1) is 28.3. The van der Waals surface area contributed by atoms with Crippen LogP contribution in [0.2, 0.25) is 5.02 Å². The maximum atomic E-state index is 10.9. The largest absolute Gasteiger partial charge is 0.379 e. The van der Waals surface area contributed by atoms with Crippen LogP contribution < -0.4 is 11.1 Å². The molecule has 4 rings (SSSR count). The number of benzene rings is 2. The third kappa shape index (κ3) is 7.28. The number of anilines is 1. The maximum absolute atomic E-state index is 10.9. The van der Waals surface area contributed by atoms with Crippen LogP contribution in [0, 0.1) is 20.2 Å². The molecule has 0 aliphatic rings. The van der Waals surface area contributed by atoms with E-state index in [0.29, 0.717) is 23.1 Å². The van der Waals surface area contributed by atoms with Gasteiger partial charge in [0.2, 0.25) is 0 Å². The summed E-state index contributed by atoms with van der Waals surface area (Å²) in [5, 5.41) is 26.0. The second-order valence-corrected chi connectivity index (χ2v) is 8.96. The summed E-state index contributed by atoms with van der Waals surface area (Å²) in [7, 11) is 0. The van der Waals surface area contributed by atoms with E-state index in [1.54, 1.807) is 18.2 Å². The van der Waals surface area contributed by atoms with Crippen molar-refractivity contribution >= 4 is 82.3 Å². The fraction of sp³-hybridized carbons (Fsp3) is 0.182. The van der Waals surface area contributed by atoms with Crippen molar-refractivity contribution in [2.24, 2.45) is 5.73 Å². The smallest absolute Gasteiger partial charge is 0.311 e. The zero-order chi connectivity index (χ0) is 26.1. The second-order valence-electron chi connectivity index (χ2n) is 6.75. The van der Waals surface area contributed by atoms with E-state index < -0.39 is 9.85 Å². The predicted octanol–water partition coefficient (Wildman–Crippen LogP) is 6.86. The molecule has 0 fully saturated rings. The van der Waals surface area contributed by atoms with E-state index in [4.69, 9.17) is 17.3 Å². The average molecular weight is 629 g/mol. The number of pyridine rings is 2. The molecule has 0 radical (unpaired) electrons. The van der Waals surface area contributed by atoms with Gasteiger partial charge >= 0.3 is 11.4 Å². The Morgan fingerprint density at radius 2 is 1.37 bits per heavy atom. The highest BCUT2D eigenvalue weighted by Gasteiger charge is 2.17. The average Bonchev–Trinajstić information content (AvgIpc) is 2.80. The number of aromatic nitrogens is 2. The van der Waals surface area contributed by atoms with Crippen LogP contribution in [0.1, 0.15) is 13.8 Å². The van der Waals surface area contributed by atoms with Crippen LogP contribution in [0.15, 0.2) is 57.7 Å². The summed E-state index contributed by atoms with van der Waals surface area (Å²) in [6.07, 6.45) is 2.45. The maximum Gasteiger partial charge on any atom is 0.311 e. The molecule has 2 aromatic heterocycles. The lowest BCUT2D eigenvalue weighted by molar-refractivity contribution is -0.384. The summed E-state index contributed by atoms with van der Waals surface area (Å²) in [5.41, 5.74) is 6.55. The van der Waals surface area contributed by atoms with Crippen LogP contribution in [0.25, 0.3) is 21.8 Å². The van der Waals surface area contributed by atoms with Gasteiger partial charge in [0.25, 0.3) is 0 Å². The molecule has 0 saturated heterocycles. The standard InChI is InChI=1S/C11H10BrN3O2.C9H4BrClN2O2.C2H7N/c1-2-13-11-8-4-3-7(12)5-9(8)14-6-10(11)15(16)17;10-5-1-2-6-7(3-5)12-4-8(9(6)11)13(14)15;1-2-3/h3-6H,2H2,1H3,(H,13,14);1-4H;2-3H2,1H3. The first-order chi connectivity index (χ1) is 16.6. The highest BCUT2D eigenvalue weighted by Crippen LogP contribution is 2.33. The Morgan fingerprint density at radius 3 is 1.86 bits per heavy atom. The van der Waals surface area contributed by atoms with Gasteiger partial charge in [-0.05, 0) is 49.9 Å². The van der Waals surface area contributed by atoms with Crippen molar-refractivity contribution in [2.75, 3.05) is 18.4 Å². The molecular formula is C22H21Br2ClN6O4. The van der Waals surface area contributed by atoms with Gasteiger partial charge in [-0.25, -0.2) is 9.97 Å². The Hall–Kier alpha value is -2.93. The van der Waals surface area contributed by atoms with E-state index in [-0.39, 0.29) is 16.4 Å². The number of hydrogen-bond acceptors (Lipinski definition) is 8. The van der Waals surface area contributed by atoms with Gasteiger partial charge < -0.3 is 11.1 Å². The number of fused-ring (bicyclic) bond motifs is 2. The summed E-state index contributed by atoms with van der Waals surface area (Å²) < 4.78 is 1.75. The number of hydrogen-bond donors (Lipinski definition) is 2. The number of nitrogens with two attached hydrogens (primary N) is 1. The van der Waals surface area contributed by atoms with Crippen molar-refractivity contribution in [1.82, 2.24) is 9.97 Å². The third-order valence-corrected chi connectivity index (χ3v) is 5.69. The summed E-state index contributed by atoms with van der Waals surface area (Å²) in [4.78, 5) is 28.6. The zero-order valence-electron chi connectivity index (χ0n) is 18.7. The first-order valence-corrected chi connectivity index (χ1v) is 12.2.